The predicted molar refractivity (Wildman–Crippen MR) is 69.7 cm³/mol. The van der Waals surface area contributed by atoms with E-state index in [2.05, 4.69) is 15.9 Å². The minimum absolute atomic E-state index is 0.266. The van der Waals surface area contributed by atoms with Gasteiger partial charge in [-0.25, -0.2) is 9.29 Å². The second-order valence-corrected chi connectivity index (χ2v) is 5.50. The Hall–Kier alpha value is -1.23. The molecule has 0 radical (unpaired) electrons. The van der Waals surface area contributed by atoms with Gasteiger partial charge in [-0.3, -0.25) is 9.59 Å². The van der Waals surface area contributed by atoms with E-state index in [-0.39, 0.29) is 23.7 Å². The summed E-state index contributed by atoms with van der Waals surface area (Å²) >= 11 is 3.08. The van der Waals surface area contributed by atoms with E-state index in [1.165, 1.54) is 6.07 Å². The maximum Gasteiger partial charge on any atom is 0.237 e. The van der Waals surface area contributed by atoms with Crippen LogP contribution in [0.5, 0.6) is 0 Å². The Morgan fingerprint density at radius 2 is 1.67 bits per heavy atom. The van der Waals surface area contributed by atoms with Crippen LogP contribution >= 0.6 is 15.9 Å². The highest BCUT2D eigenvalue weighted by Crippen LogP contribution is 2.34. The zero-order chi connectivity index (χ0) is 13.6. The lowest BCUT2D eigenvalue weighted by molar-refractivity contribution is -0.122. The molecule has 2 unspecified atom stereocenters. The third kappa shape index (κ3) is 1.86. The van der Waals surface area contributed by atoms with Crippen LogP contribution in [0.3, 0.4) is 0 Å². The van der Waals surface area contributed by atoms with Gasteiger partial charge < -0.3 is 0 Å². The molecule has 0 aliphatic carbocycles. The van der Waals surface area contributed by atoms with Crippen LogP contribution in [0.15, 0.2) is 16.6 Å². The molecule has 2 amide bonds. The van der Waals surface area contributed by atoms with Crippen LogP contribution < -0.4 is 4.90 Å². The lowest BCUT2D eigenvalue weighted by Gasteiger charge is -2.17. The third-order valence-electron chi connectivity index (χ3n) is 3.45. The van der Waals surface area contributed by atoms with Crippen LogP contribution in [0.1, 0.15) is 19.4 Å². The molecule has 5 heteroatoms. The van der Waals surface area contributed by atoms with E-state index in [0.717, 1.165) is 4.90 Å². The van der Waals surface area contributed by atoms with Crippen molar-refractivity contribution < 1.29 is 14.0 Å². The SMILES string of the molecule is Cc1cc(Br)c(F)cc1N1C(=O)C(C)C(C)C1=O. The molecule has 1 fully saturated rings. The van der Waals surface area contributed by atoms with Gasteiger partial charge in [0.05, 0.1) is 10.2 Å². The largest absolute Gasteiger partial charge is 0.274 e. The molecule has 1 aromatic carbocycles. The zero-order valence-electron chi connectivity index (χ0n) is 10.3. The molecule has 1 saturated heterocycles. The Kier molecular flexibility index (Phi) is 3.27. The molecule has 2 rings (SSSR count). The number of hydrogen-bond donors (Lipinski definition) is 0. The Morgan fingerprint density at radius 3 is 2.17 bits per heavy atom. The molecular formula is C13H13BrFNO2. The fourth-order valence-corrected chi connectivity index (χ4v) is 2.52. The van der Waals surface area contributed by atoms with Crippen molar-refractivity contribution in [3.63, 3.8) is 0 Å². The maximum atomic E-state index is 13.6. The Morgan fingerprint density at radius 1 is 1.17 bits per heavy atom. The number of amides is 2. The number of aryl methyl sites for hydroxylation is 1. The fraction of sp³-hybridized carbons (Fsp3) is 0.385. The van der Waals surface area contributed by atoms with Gasteiger partial charge in [0.25, 0.3) is 0 Å². The molecule has 1 heterocycles. The smallest absolute Gasteiger partial charge is 0.237 e. The molecule has 2 atom stereocenters. The van der Waals surface area contributed by atoms with Gasteiger partial charge in [0.1, 0.15) is 5.82 Å². The first kappa shape index (κ1) is 13.2. The van der Waals surface area contributed by atoms with Gasteiger partial charge in [0.2, 0.25) is 11.8 Å². The molecule has 0 bridgehead atoms. The molecule has 0 aromatic heterocycles. The summed E-state index contributed by atoms with van der Waals surface area (Å²) in [5, 5.41) is 0. The highest BCUT2D eigenvalue weighted by atomic mass is 79.9. The molecule has 0 N–H and O–H groups in total. The maximum absolute atomic E-state index is 13.6. The summed E-state index contributed by atoms with van der Waals surface area (Å²) in [6, 6.07) is 2.79. The van der Waals surface area contributed by atoms with Crippen molar-refractivity contribution in [3.8, 4) is 0 Å². The number of anilines is 1. The van der Waals surface area contributed by atoms with Crippen LogP contribution in [-0.4, -0.2) is 11.8 Å². The number of nitrogens with zero attached hydrogens (tertiary/aromatic N) is 1. The average Bonchev–Trinajstić information content (AvgIpc) is 2.50. The first-order chi connectivity index (χ1) is 8.34. The summed E-state index contributed by atoms with van der Waals surface area (Å²) in [4.78, 5) is 25.2. The first-order valence-electron chi connectivity index (χ1n) is 5.68. The molecule has 3 nitrogen and oxygen atoms in total. The molecule has 1 aliphatic heterocycles. The second-order valence-electron chi connectivity index (χ2n) is 4.64. The molecular weight excluding hydrogens is 301 g/mol. The fourth-order valence-electron chi connectivity index (χ4n) is 2.06. The lowest BCUT2D eigenvalue weighted by Crippen LogP contribution is -2.31. The molecule has 0 saturated carbocycles. The van der Waals surface area contributed by atoms with Gasteiger partial charge in [-0.05, 0) is 40.5 Å². The van der Waals surface area contributed by atoms with Gasteiger partial charge in [0.15, 0.2) is 0 Å². The normalized spacial score (nSPS) is 23.9. The van der Waals surface area contributed by atoms with Crippen molar-refractivity contribution in [2.45, 2.75) is 20.8 Å². The molecule has 96 valence electrons. The highest BCUT2D eigenvalue weighted by molar-refractivity contribution is 9.10. The van der Waals surface area contributed by atoms with E-state index in [0.29, 0.717) is 15.7 Å². The van der Waals surface area contributed by atoms with Crippen molar-refractivity contribution in [3.05, 3.63) is 28.0 Å². The number of rotatable bonds is 1. The van der Waals surface area contributed by atoms with Gasteiger partial charge in [-0.2, -0.15) is 0 Å². The summed E-state index contributed by atoms with van der Waals surface area (Å²) in [6.07, 6.45) is 0. The summed E-state index contributed by atoms with van der Waals surface area (Å²) in [5.74, 6) is -1.73. The van der Waals surface area contributed by atoms with E-state index in [1.54, 1.807) is 26.8 Å². The Labute approximate surface area is 113 Å². The van der Waals surface area contributed by atoms with E-state index < -0.39 is 5.82 Å². The van der Waals surface area contributed by atoms with Crippen molar-refractivity contribution in [2.75, 3.05) is 4.90 Å². The Bertz CT molecular complexity index is 524. The quantitative estimate of drug-likeness (QED) is 0.747. The van der Waals surface area contributed by atoms with Crippen LogP contribution in [0.2, 0.25) is 0 Å². The summed E-state index contributed by atoms with van der Waals surface area (Å²) < 4.78 is 13.9. The average molecular weight is 314 g/mol. The van der Waals surface area contributed by atoms with Crippen molar-refractivity contribution in [1.29, 1.82) is 0 Å². The van der Waals surface area contributed by atoms with Gasteiger partial charge >= 0.3 is 0 Å². The first-order valence-corrected chi connectivity index (χ1v) is 6.47. The van der Waals surface area contributed by atoms with E-state index >= 15 is 0 Å². The lowest BCUT2D eigenvalue weighted by atomic mass is 10.00. The van der Waals surface area contributed by atoms with Crippen LogP contribution in [0.25, 0.3) is 0 Å². The van der Waals surface area contributed by atoms with Crippen molar-refractivity contribution in [1.82, 2.24) is 0 Å². The number of benzene rings is 1. The molecule has 1 aliphatic rings. The number of imide groups is 1. The number of halogens is 2. The van der Waals surface area contributed by atoms with Crippen molar-refractivity contribution in [2.24, 2.45) is 11.8 Å². The van der Waals surface area contributed by atoms with Gasteiger partial charge in [-0.1, -0.05) is 13.8 Å². The topological polar surface area (TPSA) is 37.4 Å². The van der Waals surface area contributed by atoms with E-state index in [1.807, 2.05) is 0 Å². The second kappa shape index (κ2) is 4.46. The summed E-state index contributed by atoms with van der Waals surface area (Å²) in [5.41, 5.74) is 1.02. The zero-order valence-corrected chi connectivity index (χ0v) is 11.9. The van der Waals surface area contributed by atoms with E-state index in [4.69, 9.17) is 0 Å². The van der Waals surface area contributed by atoms with Crippen LogP contribution in [0.4, 0.5) is 10.1 Å². The summed E-state index contributed by atoms with van der Waals surface area (Å²) in [6.45, 7) is 5.18. The predicted octanol–water partition coefficient (Wildman–Crippen LogP) is 3.04. The number of carbonyl (C=O) groups is 2. The molecule has 0 spiro atoms. The Balaban J connectivity index is 2.53. The van der Waals surface area contributed by atoms with Crippen LogP contribution in [0, 0.1) is 24.6 Å². The van der Waals surface area contributed by atoms with Crippen molar-refractivity contribution >= 4 is 33.4 Å². The minimum Gasteiger partial charge on any atom is -0.274 e. The minimum atomic E-state index is -0.483. The monoisotopic (exact) mass is 313 g/mol. The number of carbonyl (C=O) groups excluding carboxylic acids is 2. The molecule has 18 heavy (non-hydrogen) atoms. The standard InChI is InChI=1S/C13H13BrFNO2/c1-6-4-9(14)10(15)5-11(6)16-12(17)7(2)8(3)13(16)18/h4-5,7-8H,1-3H3. The number of hydrogen-bond acceptors (Lipinski definition) is 2. The van der Waals surface area contributed by atoms with E-state index in [9.17, 15) is 14.0 Å². The highest BCUT2D eigenvalue weighted by Gasteiger charge is 2.43. The van der Waals surface area contributed by atoms with Crippen LogP contribution in [-0.2, 0) is 9.59 Å². The van der Waals surface area contributed by atoms with Gasteiger partial charge in [-0.15, -0.1) is 0 Å². The summed E-state index contributed by atoms with van der Waals surface area (Å²) in [7, 11) is 0. The molecule has 1 aromatic rings. The third-order valence-corrected chi connectivity index (χ3v) is 4.06. The van der Waals surface area contributed by atoms with Gasteiger partial charge in [0, 0.05) is 11.8 Å².